The molecule has 0 saturated carbocycles. The molecule has 0 radical (unpaired) electrons. The predicted octanol–water partition coefficient (Wildman–Crippen LogP) is 11.4. The van der Waals surface area contributed by atoms with Crippen molar-refractivity contribution in [1.82, 2.24) is 9.80 Å². The van der Waals surface area contributed by atoms with Gasteiger partial charge in [0.15, 0.2) is 0 Å². The number of hydrogen-bond acceptors (Lipinski definition) is 8. The fraction of sp³-hybridized carbons (Fsp3) is 0.423. The molecule has 0 N–H and O–H groups in total. The molecule has 4 amide bonds. The molecule has 7 rings (SSSR count). The van der Waals surface area contributed by atoms with Gasteiger partial charge in [-0.3, -0.25) is 29.0 Å². The van der Waals surface area contributed by atoms with Crippen LogP contribution in [0, 0.1) is 0 Å². The summed E-state index contributed by atoms with van der Waals surface area (Å²) in [5.74, 6) is -3.54. The average molecular weight is 839 g/mol. The van der Waals surface area contributed by atoms with Crippen molar-refractivity contribution in [2.45, 2.75) is 129 Å². The number of rotatable bonds is 24. The highest BCUT2D eigenvalue weighted by Crippen LogP contribution is 2.46. The fourth-order valence-corrected chi connectivity index (χ4v) is 9.36. The Morgan fingerprint density at radius 3 is 1.02 bits per heavy atom. The molecule has 0 bridgehead atoms. The molecule has 5 aromatic rings. The van der Waals surface area contributed by atoms with Crippen LogP contribution >= 0.6 is 0 Å². The van der Waals surface area contributed by atoms with Crippen LogP contribution in [0.5, 0.6) is 0 Å². The first-order chi connectivity index (χ1) is 30.1. The summed E-state index contributed by atoms with van der Waals surface area (Å²) in [6.07, 6.45) is 20.7. The lowest BCUT2D eigenvalue weighted by molar-refractivity contribution is -0.148. The van der Waals surface area contributed by atoms with Crippen molar-refractivity contribution in [3.8, 4) is 0 Å². The molecule has 324 valence electrons. The van der Waals surface area contributed by atoms with Gasteiger partial charge >= 0.3 is 11.9 Å². The number of carbonyl (C=O) groups excluding carboxylic acids is 6. The van der Waals surface area contributed by atoms with Gasteiger partial charge in [-0.25, -0.2) is 9.59 Å². The van der Waals surface area contributed by atoms with Crippen LogP contribution < -0.4 is 0 Å². The Hall–Kier alpha value is -5.90. The van der Waals surface area contributed by atoms with Crippen LogP contribution in [0.2, 0.25) is 0 Å². The third-order valence-electron chi connectivity index (χ3n) is 12.7. The molecule has 0 unspecified atom stereocenters. The van der Waals surface area contributed by atoms with Crippen LogP contribution in [-0.2, 0) is 19.1 Å². The minimum Gasteiger partial charge on any atom is -0.464 e. The first kappa shape index (κ1) is 44.2. The van der Waals surface area contributed by atoms with Crippen LogP contribution in [0.3, 0.4) is 0 Å². The molecule has 10 nitrogen and oxygen atoms in total. The summed E-state index contributed by atoms with van der Waals surface area (Å²) in [5.41, 5.74) is 1.22. The lowest BCUT2D eigenvalue weighted by atomic mass is 9.82. The van der Waals surface area contributed by atoms with E-state index in [1.54, 1.807) is 24.3 Å². The number of benzene rings is 5. The highest BCUT2D eigenvalue weighted by Gasteiger charge is 2.42. The van der Waals surface area contributed by atoms with Crippen molar-refractivity contribution in [1.29, 1.82) is 0 Å². The third kappa shape index (κ3) is 8.48. The van der Waals surface area contributed by atoms with Crippen molar-refractivity contribution in [2.24, 2.45) is 0 Å². The van der Waals surface area contributed by atoms with E-state index in [1.165, 1.54) is 39.5 Å². The zero-order chi connectivity index (χ0) is 43.9. The van der Waals surface area contributed by atoms with E-state index in [1.807, 2.05) is 36.4 Å². The molecule has 2 heterocycles. The van der Waals surface area contributed by atoms with E-state index >= 15 is 0 Å². The zero-order valence-electron chi connectivity index (χ0n) is 36.2. The Balaban J connectivity index is 1.07. The van der Waals surface area contributed by atoms with Crippen LogP contribution in [0.4, 0.5) is 0 Å². The van der Waals surface area contributed by atoms with Gasteiger partial charge in [-0.05, 0) is 109 Å². The minimum absolute atomic E-state index is 0.224. The van der Waals surface area contributed by atoms with Crippen molar-refractivity contribution in [2.75, 3.05) is 13.2 Å². The van der Waals surface area contributed by atoms with Gasteiger partial charge in [0.05, 0.1) is 13.2 Å². The SMILES string of the molecule is C=CCCCCCCCCCOC(=O)[C@H](C)N1C(=O)c2ccc3c4ccc5c6c(ccc(c7ccc(c2c37)C1=O)c64)C(=O)N([C@@H](C)C(=O)OCCCCCCCCCC=C)C5=O. The Bertz CT molecular complexity index is 2260. The quantitative estimate of drug-likeness (QED) is 0.0150. The van der Waals surface area contributed by atoms with Crippen molar-refractivity contribution < 1.29 is 38.2 Å². The van der Waals surface area contributed by atoms with Crippen molar-refractivity contribution >= 4 is 78.7 Å². The molecular formula is C52H58N2O8. The number of allylic oxidation sites excluding steroid dienone is 2. The van der Waals surface area contributed by atoms with Gasteiger partial charge in [0.1, 0.15) is 12.1 Å². The number of unbranched alkanes of at least 4 members (excludes halogenated alkanes) is 14. The van der Waals surface area contributed by atoms with Crippen LogP contribution in [0.15, 0.2) is 73.8 Å². The average Bonchev–Trinajstić information content (AvgIpc) is 3.27. The van der Waals surface area contributed by atoms with Crippen LogP contribution in [0.25, 0.3) is 43.1 Å². The second-order valence-electron chi connectivity index (χ2n) is 16.9. The molecule has 2 aliphatic rings. The molecule has 5 aromatic carbocycles. The maximum atomic E-state index is 14.1. The Morgan fingerprint density at radius 1 is 0.452 bits per heavy atom. The number of esters is 2. The van der Waals surface area contributed by atoms with E-state index in [9.17, 15) is 28.8 Å². The molecule has 2 atom stereocenters. The highest BCUT2D eigenvalue weighted by atomic mass is 16.5. The maximum Gasteiger partial charge on any atom is 0.329 e. The second-order valence-corrected chi connectivity index (χ2v) is 16.9. The van der Waals surface area contributed by atoms with Gasteiger partial charge in [-0.2, -0.15) is 0 Å². The molecule has 2 aliphatic heterocycles. The van der Waals surface area contributed by atoms with Crippen molar-refractivity contribution in [3.63, 3.8) is 0 Å². The normalized spacial score (nSPS) is 14.7. The van der Waals surface area contributed by atoms with E-state index in [4.69, 9.17) is 9.47 Å². The first-order valence-electron chi connectivity index (χ1n) is 22.6. The molecule has 0 saturated heterocycles. The van der Waals surface area contributed by atoms with E-state index in [0.29, 0.717) is 56.6 Å². The van der Waals surface area contributed by atoms with Gasteiger partial charge in [0, 0.05) is 33.0 Å². The largest absolute Gasteiger partial charge is 0.464 e. The third-order valence-corrected chi connectivity index (χ3v) is 12.7. The molecule has 0 aromatic heterocycles. The van der Waals surface area contributed by atoms with Gasteiger partial charge < -0.3 is 9.47 Å². The zero-order valence-corrected chi connectivity index (χ0v) is 36.2. The molecule has 0 spiro atoms. The van der Waals surface area contributed by atoms with E-state index in [2.05, 4.69) is 13.2 Å². The van der Waals surface area contributed by atoms with Crippen LogP contribution in [0.1, 0.15) is 158 Å². The summed E-state index contributed by atoms with van der Waals surface area (Å²) in [6.45, 7) is 11.0. The predicted molar refractivity (Wildman–Crippen MR) is 244 cm³/mol. The highest BCUT2D eigenvalue weighted by molar-refractivity contribution is 6.41. The smallest absolute Gasteiger partial charge is 0.329 e. The first-order valence-corrected chi connectivity index (χ1v) is 22.6. The monoisotopic (exact) mass is 838 g/mol. The maximum absolute atomic E-state index is 14.1. The summed E-state index contributed by atoms with van der Waals surface area (Å²) in [5, 5.41) is 5.43. The van der Waals surface area contributed by atoms with Crippen molar-refractivity contribution in [3.05, 3.63) is 96.1 Å². The minimum atomic E-state index is -1.12. The lowest BCUT2D eigenvalue weighted by Crippen LogP contribution is -2.49. The Labute approximate surface area is 363 Å². The number of imide groups is 2. The molecule has 62 heavy (non-hydrogen) atoms. The van der Waals surface area contributed by atoms with Crippen LogP contribution in [-0.4, -0.2) is 70.7 Å². The Morgan fingerprint density at radius 2 is 0.726 bits per heavy atom. The van der Waals surface area contributed by atoms with Gasteiger partial charge in [0.25, 0.3) is 23.6 Å². The molecule has 0 aliphatic carbocycles. The number of hydrogen-bond donors (Lipinski definition) is 0. The Kier molecular flexibility index (Phi) is 14.2. The summed E-state index contributed by atoms with van der Waals surface area (Å²) >= 11 is 0. The number of ether oxygens (including phenoxy) is 2. The van der Waals surface area contributed by atoms with E-state index in [0.717, 1.165) is 95.6 Å². The fourth-order valence-electron chi connectivity index (χ4n) is 9.36. The summed E-state index contributed by atoms with van der Waals surface area (Å²) in [7, 11) is 0. The summed E-state index contributed by atoms with van der Waals surface area (Å²) < 4.78 is 11.1. The molecular weight excluding hydrogens is 781 g/mol. The molecule has 0 fully saturated rings. The lowest BCUT2D eigenvalue weighted by Gasteiger charge is -2.32. The van der Waals surface area contributed by atoms with E-state index in [-0.39, 0.29) is 13.2 Å². The summed E-state index contributed by atoms with van der Waals surface area (Å²) in [6, 6.07) is 11.8. The van der Waals surface area contributed by atoms with Gasteiger partial charge in [-0.1, -0.05) is 101 Å². The van der Waals surface area contributed by atoms with Gasteiger partial charge in [-0.15, -0.1) is 13.2 Å². The number of carbonyl (C=O) groups is 6. The number of fused-ring (bicyclic) bond motifs is 2. The summed E-state index contributed by atoms with van der Waals surface area (Å²) in [4.78, 5) is 85.0. The molecule has 10 heteroatoms. The number of nitrogens with zero attached hydrogens (tertiary/aromatic N) is 2. The standard InChI is InChI=1S/C52H58N2O8/c1-5-7-9-11-13-15-17-19-21-31-61-51(59)33(3)53-47(55)39-27-23-35-37-25-29-41-46-42(30-26-38(44(37)46)36-24-28-40(48(53)56)45(39)43(35)36)50(58)54(49(41)57)34(4)52(60)62-32-22-20-18-16-14-12-10-8-6-2/h5-6,23-30,33-34H,1-2,7-22,31-32H2,3-4H3/t33-,34-/m0/s1. The second kappa shape index (κ2) is 19.9. The topological polar surface area (TPSA) is 127 Å². The van der Waals surface area contributed by atoms with E-state index < -0.39 is 47.7 Å². The van der Waals surface area contributed by atoms with Gasteiger partial charge in [0.2, 0.25) is 0 Å². The number of amides is 4.